The maximum absolute atomic E-state index is 13.6. The molecule has 158 valence electrons. The van der Waals surface area contributed by atoms with Crippen LogP contribution >= 0.6 is 22.9 Å². The lowest BCUT2D eigenvalue weighted by Crippen LogP contribution is -2.48. The Bertz CT molecular complexity index is 1150. The van der Waals surface area contributed by atoms with Crippen LogP contribution in [0.2, 0.25) is 5.02 Å². The molecule has 1 saturated heterocycles. The Balaban J connectivity index is 1.40. The third-order valence-corrected chi connectivity index (χ3v) is 8.04. The van der Waals surface area contributed by atoms with Crippen molar-refractivity contribution < 1.29 is 17.2 Å². The number of nitrogens with zero attached hydrogens (tertiary/aromatic N) is 3. The summed E-state index contributed by atoms with van der Waals surface area (Å²) in [5, 5.41) is 2.81. The van der Waals surface area contributed by atoms with Crippen LogP contribution in [0, 0.1) is 11.6 Å². The second-order valence-corrected chi connectivity index (χ2v) is 10.1. The molecule has 2 aromatic carbocycles. The van der Waals surface area contributed by atoms with E-state index in [2.05, 4.69) is 4.98 Å². The second-order valence-electron chi connectivity index (χ2n) is 6.89. The molecule has 0 atom stereocenters. The Kier molecular flexibility index (Phi) is 6.06. The summed E-state index contributed by atoms with van der Waals surface area (Å²) in [7, 11) is -3.65. The Morgan fingerprint density at radius 2 is 1.73 bits per heavy atom. The lowest BCUT2D eigenvalue weighted by Gasteiger charge is -2.33. The topological polar surface area (TPSA) is 53.5 Å². The van der Waals surface area contributed by atoms with Gasteiger partial charge in [0, 0.05) is 38.0 Å². The zero-order valence-electron chi connectivity index (χ0n) is 15.8. The SMILES string of the molecule is O=S(=O)(c1ccc(F)cc1)N1CCN(c2nc(Cc3ccc(Cl)c(F)c3)cs2)CC1. The van der Waals surface area contributed by atoms with Crippen molar-refractivity contribution in [2.24, 2.45) is 0 Å². The molecule has 5 nitrogen and oxygen atoms in total. The number of rotatable bonds is 5. The van der Waals surface area contributed by atoms with E-state index in [0.717, 1.165) is 28.5 Å². The number of thiazole rings is 1. The third-order valence-electron chi connectivity index (χ3n) is 4.87. The van der Waals surface area contributed by atoms with Crippen molar-refractivity contribution in [2.45, 2.75) is 11.3 Å². The van der Waals surface area contributed by atoms with Crippen molar-refractivity contribution in [1.82, 2.24) is 9.29 Å². The molecule has 4 rings (SSSR count). The van der Waals surface area contributed by atoms with Gasteiger partial charge in [-0.05, 0) is 42.0 Å². The normalized spacial score (nSPS) is 15.5. The summed E-state index contributed by atoms with van der Waals surface area (Å²) < 4.78 is 53.6. The van der Waals surface area contributed by atoms with Gasteiger partial charge < -0.3 is 4.90 Å². The third kappa shape index (κ3) is 4.49. The van der Waals surface area contributed by atoms with Gasteiger partial charge in [0.05, 0.1) is 15.6 Å². The first-order chi connectivity index (χ1) is 14.3. The first kappa shape index (κ1) is 21.2. The number of piperazine rings is 1. The van der Waals surface area contributed by atoms with E-state index < -0.39 is 21.7 Å². The van der Waals surface area contributed by atoms with Crippen molar-refractivity contribution in [2.75, 3.05) is 31.1 Å². The molecular formula is C20H18ClF2N3O2S2. The predicted molar refractivity (Wildman–Crippen MR) is 114 cm³/mol. The molecule has 0 bridgehead atoms. The summed E-state index contributed by atoms with van der Waals surface area (Å²) in [5.74, 6) is -0.928. The fourth-order valence-electron chi connectivity index (χ4n) is 3.26. The molecule has 0 N–H and O–H groups in total. The fraction of sp³-hybridized carbons (Fsp3) is 0.250. The van der Waals surface area contributed by atoms with Gasteiger partial charge in [0.15, 0.2) is 5.13 Å². The minimum atomic E-state index is -3.65. The molecule has 0 radical (unpaired) electrons. The van der Waals surface area contributed by atoms with E-state index in [9.17, 15) is 17.2 Å². The predicted octanol–water partition coefficient (Wildman–Crippen LogP) is 4.18. The maximum Gasteiger partial charge on any atom is 0.243 e. The molecule has 0 saturated carbocycles. The molecule has 3 aromatic rings. The number of aromatic nitrogens is 1. The minimum absolute atomic E-state index is 0.0871. The molecule has 0 unspecified atom stereocenters. The van der Waals surface area contributed by atoms with E-state index in [1.807, 2.05) is 10.3 Å². The van der Waals surface area contributed by atoms with Gasteiger partial charge in [-0.3, -0.25) is 0 Å². The maximum atomic E-state index is 13.6. The lowest BCUT2D eigenvalue weighted by molar-refractivity contribution is 0.384. The first-order valence-corrected chi connectivity index (χ1v) is 11.9. The number of halogens is 3. The molecule has 0 amide bonds. The van der Waals surface area contributed by atoms with Crippen LogP contribution in [-0.2, 0) is 16.4 Å². The molecule has 30 heavy (non-hydrogen) atoms. The highest BCUT2D eigenvalue weighted by Crippen LogP contribution is 2.26. The summed E-state index contributed by atoms with van der Waals surface area (Å²) in [6.07, 6.45) is 0.490. The van der Waals surface area contributed by atoms with Crippen LogP contribution in [0.4, 0.5) is 13.9 Å². The van der Waals surface area contributed by atoms with Crippen molar-refractivity contribution in [1.29, 1.82) is 0 Å². The molecule has 0 aliphatic carbocycles. The Morgan fingerprint density at radius 3 is 2.40 bits per heavy atom. The number of sulfonamides is 1. The van der Waals surface area contributed by atoms with E-state index in [4.69, 9.17) is 11.6 Å². The molecule has 2 heterocycles. The standard InChI is InChI=1S/C20H18ClF2N3O2S2/c21-18-6-1-14(12-19(18)23)11-16-13-29-20(24-16)25-7-9-26(10-8-25)30(27,28)17-4-2-15(22)3-5-17/h1-6,12-13H,7-11H2. The van der Waals surface area contributed by atoms with Crippen molar-refractivity contribution in [3.8, 4) is 0 Å². The number of anilines is 1. The highest BCUT2D eigenvalue weighted by Gasteiger charge is 2.29. The second kappa shape index (κ2) is 8.58. The van der Waals surface area contributed by atoms with Crippen LogP contribution in [0.1, 0.15) is 11.3 Å². The summed E-state index contributed by atoms with van der Waals surface area (Å²) >= 11 is 7.20. The zero-order chi connectivity index (χ0) is 21.3. The van der Waals surface area contributed by atoms with Crippen LogP contribution in [-0.4, -0.2) is 43.9 Å². The van der Waals surface area contributed by atoms with E-state index in [-0.39, 0.29) is 9.92 Å². The van der Waals surface area contributed by atoms with Gasteiger partial charge in [-0.2, -0.15) is 4.31 Å². The largest absolute Gasteiger partial charge is 0.345 e. The van der Waals surface area contributed by atoms with Crippen LogP contribution < -0.4 is 4.90 Å². The van der Waals surface area contributed by atoms with Crippen LogP contribution in [0.3, 0.4) is 0 Å². The number of benzene rings is 2. The fourth-order valence-corrected chi connectivity index (χ4v) is 5.68. The van der Waals surface area contributed by atoms with E-state index in [1.54, 1.807) is 6.07 Å². The van der Waals surface area contributed by atoms with Gasteiger partial charge in [-0.15, -0.1) is 11.3 Å². The molecule has 0 spiro atoms. The highest BCUT2D eigenvalue weighted by molar-refractivity contribution is 7.89. The Hall–Kier alpha value is -2.07. The van der Waals surface area contributed by atoms with E-state index in [0.29, 0.717) is 32.6 Å². The van der Waals surface area contributed by atoms with Crippen molar-refractivity contribution >= 4 is 38.1 Å². The smallest absolute Gasteiger partial charge is 0.243 e. The monoisotopic (exact) mass is 469 g/mol. The van der Waals surface area contributed by atoms with Gasteiger partial charge in [0.1, 0.15) is 11.6 Å². The van der Waals surface area contributed by atoms with Gasteiger partial charge in [-0.1, -0.05) is 17.7 Å². The van der Waals surface area contributed by atoms with Crippen LogP contribution in [0.5, 0.6) is 0 Å². The molecular weight excluding hydrogens is 452 g/mol. The minimum Gasteiger partial charge on any atom is -0.345 e. The molecule has 1 aromatic heterocycles. The summed E-state index contributed by atoms with van der Waals surface area (Å²) in [4.78, 5) is 6.74. The molecule has 1 fully saturated rings. The average Bonchev–Trinajstić information content (AvgIpc) is 3.20. The molecule has 10 heteroatoms. The summed E-state index contributed by atoms with van der Waals surface area (Å²) in [6.45, 7) is 1.64. The lowest BCUT2D eigenvalue weighted by atomic mass is 10.1. The van der Waals surface area contributed by atoms with Gasteiger partial charge >= 0.3 is 0 Å². The average molecular weight is 470 g/mol. The molecule has 1 aliphatic heterocycles. The van der Waals surface area contributed by atoms with Gasteiger partial charge in [0.2, 0.25) is 10.0 Å². The van der Waals surface area contributed by atoms with Crippen molar-refractivity contribution in [3.05, 3.63) is 75.8 Å². The van der Waals surface area contributed by atoms with Gasteiger partial charge in [0.25, 0.3) is 0 Å². The van der Waals surface area contributed by atoms with Gasteiger partial charge in [-0.25, -0.2) is 22.2 Å². The number of hydrogen-bond acceptors (Lipinski definition) is 5. The molecule has 1 aliphatic rings. The van der Waals surface area contributed by atoms with Crippen LogP contribution in [0.25, 0.3) is 0 Å². The van der Waals surface area contributed by atoms with Crippen molar-refractivity contribution in [3.63, 3.8) is 0 Å². The zero-order valence-corrected chi connectivity index (χ0v) is 18.2. The Morgan fingerprint density at radius 1 is 1.03 bits per heavy atom. The summed E-state index contributed by atoms with van der Waals surface area (Å²) in [5.41, 5.74) is 1.60. The quantitative estimate of drug-likeness (QED) is 0.562. The van der Waals surface area contributed by atoms with E-state index >= 15 is 0 Å². The van der Waals surface area contributed by atoms with Crippen LogP contribution in [0.15, 0.2) is 52.7 Å². The highest BCUT2D eigenvalue weighted by atomic mass is 35.5. The number of hydrogen-bond donors (Lipinski definition) is 0. The van der Waals surface area contributed by atoms with E-state index in [1.165, 1.54) is 39.9 Å². The summed E-state index contributed by atoms with van der Waals surface area (Å²) in [6, 6.07) is 9.55. The first-order valence-electron chi connectivity index (χ1n) is 9.22. The Labute approximate surface area is 182 Å².